The Balaban J connectivity index is 2.55. The SMILES string of the molecule is CCCCS(=O)(=O)n1ccc2c(N(C)C)cccc21. The summed E-state index contributed by atoms with van der Waals surface area (Å²) in [6.45, 7) is 1.99. The van der Waals surface area contributed by atoms with Gasteiger partial charge < -0.3 is 4.90 Å². The fourth-order valence-electron chi connectivity index (χ4n) is 2.18. The first kappa shape index (κ1) is 13.9. The minimum absolute atomic E-state index is 0.194. The van der Waals surface area contributed by atoms with Crippen LogP contribution in [0.15, 0.2) is 30.5 Å². The van der Waals surface area contributed by atoms with Gasteiger partial charge in [-0.1, -0.05) is 19.4 Å². The highest BCUT2D eigenvalue weighted by Gasteiger charge is 2.16. The van der Waals surface area contributed by atoms with Crippen molar-refractivity contribution in [3.05, 3.63) is 30.5 Å². The van der Waals surface area contributed by atoms with E-state index in [1.54, 1.807) is 6.20 Å². The van der Waals surface area contributed by atoms with Gasteiger partial charge in [-0.15, -0.1) is 0 Å². The van der Waals surface area contributed by atoms with Gasteiger partial charge in [0.05, 0.1) is 11.3 Å². The maximum Gasteiger partial charge on any atom is 0.238 e. The van der Waals surface area contributed by atoms with Crippen LogP contribution in [0.2, 0.25) is 0 Å². The molecule has 1 aromatic carbocycles. The molecule has 0 atom stereocenters. The van der Waals surface area contributed by atoms with Crippen LogP contribution < -0.4 is 4.90 Å². The quantitative estimate of drug-likeness (QED) is 0.845. The second-order valence-corrected chi connectivity index (χ2v) is 6.85. The van der Waals surface area contributed by atoms with E-state index in [4.69, 9.17) is 0 Å². The van der Waals surface area contributed by atoms with Gasteiger partial charge in [-0.25, -0.2) is 12.4 Å². The first-order valence-electron chi connectivity index (χ1n) is 6.48. The lowest BCUT2D eigenvalue weighted by molar-refractivity contribution is 0.585. The van der Waals surface area contributed by atoms with Crippen molar-refractivity contribution in [1.82, 2.24) is 3.97 Å². The summed E-state index contributed by atoms with van der Waals surface area (Å²) in [5.74, 6) is 0.194. The zero-order valence-electron chi connectivity index (χ0n) is 11.6. The molecule has 4 nitrogen and oxygen atoms in total. The average Bonchev–Trinajstić information content (AvgIpc) is 2.80. The van der Waals surface area contributed by atoms with Gasteiger partial charge in [0.1, 0.15) is 0 Å². The number of hydrogen-bond donors (Lipinski definition) is 0. The number of fused-ring (bicyclic) bond motifs is 1. The summed E-state index contributed by atoms with van der Waals surface area (Å²) < 4.78 is 26.0. The molecule has 2 aromatic rings. The van der Waals surface area contributed by atoms with Gasteiger partial charge in [-0.2, -0.15) is 0 Å². The molecular weight excluding hydrogens is 260 g/mol. The van der Waals surface area contributed by atoms with E-state index in [0.29, 0.717) is 6.42 Å². The van der Waals surface area contributed by atoms with E-state index < -0.39 is 10.0 Å². The Morgan fingerprint density at radius 3 is 2.58 bits per heavy atom. The summed E-state index contributed by atoms with van der Waals surface area (Å²) in [7, 11) is 0.662. The first-order valence-corrected chi connectivity index (χ1v) is 8.09. The van der Waals surface area contributed by atoms with Gasteiger partial charge in [-0.3, -0.25) is 0 Å². The molecule has 0 aliphatic rings. The van der Waals surface area contributed by atoms with Crippen LogP contribution in [-0.2, 0) is 10.0 Å². The van der Waals surface area contributed by atoms with E-state index in [1.165, 1.54) is 3.97 Å². The number of unbranched alkanes of at least 4 members (excludes halogenated alkanes) is 1. The molecule has 0 bridgehead atoms. The Morgan fingerprint density at radius 1 is 1.21 bits per heavy atom. The van der Waals surface area contributed by atoms with Crippen molar-refractivity contribution in [2.24, 2.45) is 0 Å². The fourth-order valence-corrected chi connectivity index (χ4v) is 3.74. The average molecular weight is 280 g/mol. The number of aromatic nitrogens is 1. The Labute approximate surface area is 114 Å². The molecule has 104 valence electrons. The lowest BCUT2D eigenvalue weighted by Gasteiger charge is -2.14. The Bertz CT molecular complexity index is 672. The predicted molar refractivity (Wildman–Crippen MR) is 80.4 cm³/mol. The highest BCUT2D eigenvalue weighted by Crippen LogP contribution is 2.27. The van der Waals surface area contributed by atoms with Gasteiger partial charge in [0.2, 0.25) is 10.0 Å². The van der Waals surface area contributed by atoms with Crippen molar-refractivity contribution < 1.29 is 8.42 Å². The van der Waals surface area contributed by atoms with Gasteiger partial charge in [0.25, 0.3) is 0 Å². The Hall–Kier alpha value is -1.49. The number of anilines is 1. The Kier molecular flexibility index (Phi) is 3.85. The summed E-state index contributed by atoms with van der Waals surface area (Å²) in [6, 6.07) is 7.61. The normalized spacial score (nSPS) is 11.9. The molecule has 19 heavy (non-hydrogen) atoms. The van der Waals surface area contributed by atoms with Crippen molar-refractivity contribution in [3.8, 4) is 0 Å². The van der Waals surface area contributed by atoms with E-state index >= 15 is 0 Å². The smallest absolute Gasteiger partial charge is 0.238 e. The van der Waals surface area contributed by atoms with Crippen LogP contribution >= 0.6 is 0 Å². The maximum atomic E-state index is 12.3. The highest BCUT2D eigenvalue weighted by molar-refractivity contribution is 7.90. The lowest BCUT2D eigenvalue weighted by atomic mass is 10.2. The predicted octanol–water partition coefficient (Wildman–Crippen LogP) is 2.69. The Morgan fingerprint density at radius 2 is 1.95 bits per heavy atom. The standard InChI is InChI=1S/C14H20N2O2S/c1-4-5-11-19(17,18)16-10-9-12-13(15(2)3)7-6-8-14(12)16/h6-10H,4-5,11H2,1-3H3. The molecule has 0 spiro atoms. The molecule has 0 N–H and O–H groups in total. The second kappa shape index (κ2) is 5.25. The molecule has 0 saturated carbocycles. The number of benzene rings is 1. The summed E-state index contributed by atoms with van der Waals surface area (Å²) in [4.78, 5) is 1.99. The maximum absolute atomic E-state index is 12.3. The number of hydrogen-bond acceptors (Lipinski definition) is 3. The fraction of sp³-hybridized carbons (Fsp3) is 0.429. The van der Waals surface area contributed by atoms with E-state index in [9.17, 15) is 8.42 Å². The van der Waals surface area contributed by atoms with Crippen molar-refractivity contribution in [3.63, 3.8) is 0 Å². The molecule has 0 unspecified atom stereocenters. The van der Waals surface area contributed by atoms with E-state index in [0.717, 1.165) is 23.0 Å². The largest absolute Gasteiger partial charge is 0.377 e. The van der Waals surface area contributed by atoms with Gasteiger partial charge in [-0.05, 0) is 24.6 Å². The summed E-state index contributed by atoms with van der Waals surface area (Å²) >= 11 is 0. The third kappa shape index (κ3) is 2.61. The minimum Gasteiger partial charge on any atom is -0.377 e. The van der Waals surface area contributed by atoms with Crippen molar-refractivity contribution in [2.75, 3.05) is 24.7 Å². The van der Waals surface area contributed by atoms with Gasteiger partial charge in [0.15, 0.2) is 0 Å². The molecule has 0 aliphatic carbocycles. The monoisotopic (exact) mass is 280 g/mol. The zero-order chi connectivity index (χ0) is 14.0. The molecule has 0 aliphatic heterocycles. The van der Waals surface area contributed by atoms with Crippen LogP contribution in [0.25, 0.3) is 10.9 Å². The van der Waals surface area contributed by atoms with Crippen LogP contribution in [-0.4, -0.2) is 32.2 Å². The van der Waals surface area contributed by atoms with Crippen molar-refractivity contribution in [2.45, 2.75) is 19.8 Å². The minimum atomic E-state index is -3.25. The summed E-state index contributed by atoms with van der Waals surface area (Å²) in [6.07, 6.45) is 3.22. The van der Waals surface area contributed by atoms with Crippen LogP contribution in [0.4, 0.5) is 5.69 Å². The molecule has 1 aromatic heterocycles. The van der Waals surface area contributed by atoms with Crippen LogP contribution in [0.5, 0.6) is 0 Å². The number of rotatable bonds is 5. The molecule has 5 heteroatoms. The van der Waals surface area contributed by atoms with Gasteiger partial charge >= 0.3 is 0 Å². The second-order valence-electron chi connectivity index (χ2n) is 4.89. The molecule has 0 radical (unpaired) electrons. The highest BCUT2D eigenvalue weighted by atomic mass is 32.2. The molecule has 0 fully saturated rings. The third-order valence-electron chi connectivity index (χ3n) is 3.21. The lowest BCUT2D eigenvalue weighted by Crippen LogP contribution is -2.15. The van der Waals surface area contributed by atoms with Crippen molar-refractivity contribution >= 4 is 26.6 Å². The van der Waals surface area contributed by atoms with E-state index in [2.05, 4.69) is 0 Å². The number of nitrogens with zero attached hydrogens (tertiary/aromatic N) is 2. The van der Waals surface area contributed by atoms with Crippen LogP contribution in [0.1, 0.15) is 19.8 Å². The topological polar surface area (TPSA) is 42.3 Å². The van der Waals surface area contributed by atoms with E-state index in [1.807, 2.05) is 50.2 Å². The first-order chi connectivity index (χ1) is 8.97. The molecule has 2 rings (SSSR count). The van der Waals surface area contributed by atoms with Crippen LogP contribution in [0.3, 0.4) is 0 Å². The summed E-state index contributed by atoms with van der Waals surface area (Å²) in [5.41, 5.74) is 1.78. The molecular formula is C14H20N2O2S. The van der Waals surface area contributed by atoms with Gasteiger partial charge in [0, 0.05) is 31.4 Å². The molecule has 1 heterocycles. The zero-order valence-corrected chi connectivity index (χ0v) is 12.4. The molecule has 0 amide bonds. The third-order valence-corrected chi connectivity index (χ3v) is 4.93. The summed E-state index contributed by atoms with van der Waals surface area (Å²) in [5, 5.41) is 0.965. The van der Waals surface area contributed by atoms with Crippen LogP contribution in [0, 0.1) is 0 Å². The molecule has 0 saturated heterocycles. The van der Waals surface area contributed by atoms with Crippen molar-refractivity contribution in [1.29, 1.82) is 0 Å². The van der Waals surface area contributed by atoms with E-state index in [-0.39, 0.29) is 5.75 Å².